The van der Waals surface area contributed by atoms with Crippen molar-refractivity contribution in [3.63, 3.8) is 0 Å². The third-order valence-electron chi connectivity index (χ3n) is 4.19. The van der Waals surface area contributed by atoms with Gasteiger partial charge >= 0.3 is 5.69 Å². The SMILES string of the molecule is O=c1[nH]c(=O)n([C@H]2C[C@H](O)[C@@H](CO)O2)cc1C#Cc1c(F)c(F)c(F)c(F)c1F. The average molecular weight is 418 g/mol. The van der Waals surface area contributed by atoms with Crippen LogP contribution >= 0.6 is 0 Å². The van der Waals surface area contributed by atoms with E-state index < -0.39 is 76.5 Å². The Bertz CT molecular complexity index is 1120. The fourth-order valence-electron chi connectivity index (χ4n) is 2.68. The van der Waals surface area contributed by atoms with Crippen molar-refractivity contribution in [2.24, 2.45) is 0 Å². The molecule has 12 heteroatoms. The summed E-state index contributed by atoms with van der Waals surface area (Å²) in [6.45, 7) is -0.539. The van der Waals surface area contributed by atoms with Gasteiger partial charge in [0.2, 0.25) is 5.82 Å². The van der Waals surface area contributed by atoms with Gasteiger partial charge < -0.3 is 14.9 Å². The second kappa shape index (κ2) is 7.78. The lowest BCUT2D eigenvalue weighted by molar-refractivity contribution is -0.0459. The molecule has 0 radical (unpaired) electrons. The molecule has 1 saturated heterocycles. The summed E-state index contributed by atoms with van der Waals surface area (Å²) in [5, 5.41) is 18.8. The molecule has 1 fully saturated rings. The zero-order chi connectivity index (χ0) is 21.5. The highest BCUT2D eigenvalue weighted by Crippen LogP contribution is 2.27. The van der Waals surface area contributed by atoms with Gasteiger partial charge in [0.15, 0.2) is 23.3 Å². The molecule has 0 bridgehead atoms. The molecule has 0 spiro atoms. The van der Waals surface area contributed by atoms with E-state index in [1.165, 1.54) is 0 Å². The predicted molar refractivity (Wildman–Crippen MR) is 85.2 cm³/mol. The number of hydrogen-bond acceptors (Lipinski definition) is 5. The van der Waals surface area contributed by atoms with Crippen LogP contribution in [0, 0.1) is 40.9 Å². The average Bonchev–Trinajstić information content (AvgIpc) is 3.06. The summed E-state index contributed by atoms with van der Waals surface area (Å²) >= 11 is 0. The van der Waals surface area contributed by atoms with Crippen LogP contribution in [0.3, 0.4) is 0 Å². The quantitative estimate of drug-likeness (QED) is 0.281. The van der Waals surface area contributed by atoms with Crippen LogP contribution in [0.2, 0.25) is 0 Å². The monoisotopic (exact) mass is 418 g/mol. The molecule has 0 saturated carbocycles. The van der Waals surface area contributed by atoms with Crippen LogP contribution in [-0.2, 0) is 4.74 Å². The lowest BCUT2D eigenvalue weighted by Crippen LogP contribution is -2.33. The Labute approximate surface area is 158 Å². The van der Waals surface area contributed by atoms with E-state index in [0.717, 1.165) is 10.8 Å². The normalized spacial score (nSPS) is 21.1. The number of nitrogens with zero attached hydrogens (tertiary/aromatic N) is 1. The highest BCUT2D eigenvalue weighted by molar-refractivity contribution is 5.43. The van der Waals surface area contributed by atoms with E-state index in [1.807, 2.05) is 10.9 Å². The summed E-state index contributed by atoms with van der Waals surface area (Å²) in [6.07, 6.45) is -2.46. The number of hydrogen-bond donors (Lipinski definition) is 3. The number of ether oxygens (including phenoxy) is 1. The van der Waals surface area contributed by atoms with Crippen LogP contribution in [0.5, 0.6) is 0 Å². The summed E-state index contributed by atoms with van der Waals surface area (Å²) in [4.78, 5) is 25.7. The zero-order valence-electron chi connectivity index (χ0n) is 14.2. The molecular formula is C17H11F5N2O5. The molecule has 3 rings (SSSR count). The maximum atomic E-state index is 13.7. The van der Waals surface area contributed by atoms with E-state index in [0.29, 0.717) is 0 Å². The van der Waals surface area contributed by atoms with Gasteiger partial charge in [-0.05, 0) is 0 Å². The van der Waals surface area contributed by atoms with Crippen LogP contribution in [-0.4, -0.2) is 38.6 Å². The first-order chi connectivity index (χ1) is 13.6. The Kier molecular flexibility index (Phi) is 5.56. The maximum Gasteiger partial charge on any atom is 0.330 e. The molecule has 7 nitrogen and oxygen atoms in total. The van der Waals surface area contributed by atoms with Gasteiger partial charge in [-0.3, -0.25) is 14.3 Å². The standard InChI is InChI=1S/C17H11F5N2O5/c18-11-7(12(19)14(21)15(22)13(11)20)2-1-6-4-24(17(28)23-16(6)27)10-3-8(26)9(5-25)29-10/h4,8-10,25-26H,3,5H2,(H,23,27,28)/t8-,9+,10+/m0/s1. The van der Waals surface area contributed by atoms with Gasteiger partial charge in [0.25, 0.3) is 5.56 Å². The van der Waals surface area contributed by atoms with Crippen molar-refractivity contribution in [2.45, 2.75) is 24.9 Å². The molecule has 1 aliphatic heterocycles. The Balaban J connectivity index is 2.06. The first-order valence-electron chi connectivity index (χ1n) is 7.99. The number of nitrogens with one attached hydrogen (secondary N) is 1. The summed E-state index contributed by atoms with van der Waals surface area (Å²) in [5.74, 6) is -7.44. The van der Waals surface area contributed by atoms with E-state index in [2.05, 4.69) is 0 Å². The molecule has 3 atom stereocenters. The fraction of sp³-hybridized carbons (Fsp3) is 0.294. The fourth-order valence-corrected chi connectivity index (χ4v) is 2.68. The smallest absolute Gasteiger partial charge is 0.330 e. The second-order valence-corrected chi connectivity index (χ2v) is 6.02. The summed E-state index contributed by atoms with van der Waals surface area (Å²) in [5.41, 5.74) is -4.04. The van der Waals surface area contributed by atoms with Gasteiger partial charge in [-0.2, -0.15) is 0 Å². The summed E-state index contributed by atoms with van der Waals surface area (Å²) < 4.78 is 73.0. The largest absolute Gasteiger partial charge is 0.394 e. The van der Waals surface area contributed by atoms with E-state index >= 15 is 0 Å². The molecule has 0 aliphatic carbocycles. The predicted octanol–water partition coefficient (Wildman–Crippen LogP) is 0.273. The van der Waals surface area contributed by atoms with Gasteiger partial charge in [-0.25, -0.2) is 26.7 Å². The summed E-state index contributed by atoms with van der Waals surface area (Å²) in [7, 11) is 0. The molecule has 1 aromatic heterocycles. The Morgan fingerprint density at radius 2 is 1.66 bits per heavy atom. The van der Waals surface area contributed by atoms with Gasteiger partial charge in [0.05, 0.1) is 12.7 Å². The minimum absolute atomic E-state index is 0.123. The van der Waals surface area contributed by atoms with Crippen molar-refractivity contribution in [3.05, 3.63) is 67.2 Å². The third kappa shape index (κ3) is 3.67. The van der Waals surface area contributed by atoms with Crippen LogP contribution in [0.1, 0.15) is 23.8 Å². The number of halogens is 5. The Morgan fingerprint density at radius 3 is 2.21 bits per heavy atom. The van der Waals surface area contributed by atoms with E-state index in [9.17, 15) is 36.6 Å². The highest BCUT2D eigenvalue weighted by atomic mass is 19.2. The number of aliphatic hydroxyl groups excluding tert-OH is 2. The number of aliphatic hydroxyl groups is 2. The zero-order valence-corrected chi connectivity index (χ0v) is 14.2. The van der Waals surface area contributed by atoms with Crippen molar-refractivity contribution < 1.29 is 36.9 Å². The molecular weight excluding hydrogens is 407 g/mol. The number of aromatic amines is 1. The molecule has 29 heavy (non-hydrogen) atoms. The van der Waals surface area contributed by atoms with Crippen LogP contribution < -0.4 is 11.2 Å². The lowest BCUT2D eigenvalue weighted by Gasteiger charge is -2.14. The molecule has 2 heterocycles. The second-order valence-electron chi connectivity index (χ2n) is 6.02. The first-order valence-corrected chi connectivity index (χ1v) is 7.99. The minimum Gasteiger partial charge on any atom is -0.394 e. The number of rotatable bonds is 2. The van der Waals surface area contributed by atoms with E-state index in [-0.39, 0.29) is 6.42 Å². The van der Waals surface area contributed by atoms with Crippen LogP contribution in [0.25, 0.3) is 0 Å². The number of aromatic nitrogens is 2. The molecule has 2 aromatic rings. The maximum absolute atomic E-state index is 13.7. The van der Waals surface area contributed by atoms with Gasteiger partial charge in [-0.1, -0.05) is 11.8 Å². The Hall–Kier alpha value is -3.01. The summed E-state index contributed by atoms with van der Waals surface area (Å²) in [6, 6.07) is 0. The van der Waals surface area contributed by atoms with E-state index in [4.69, 9.17) is 9.84 Å². The topological polar surface area (TPSA) is 105 Å². The van der Waals surface area contributed by atoms with E-state index in [1.54, 1.807) is 5.92 Å². The number of benzene rings is 1. The third-order valence-corrected chi connectivity index (χ3v) is 4.19. The number of H-pyrrole nitrogens is 1. The van der Waals surface area contributed by atoms with Crippen molar-refractivity contribution >= 4 is 0 Å². The van der Waals surface area contributed by atoms with Gasteiger partial charge in [0, 0.05) is 12.6 Å². The molecule has 3 N–H and O–H groups in total. The van der Waals surface area contributed by atoms with Crippen molar-refractivity contribution in [2.75, 3.05) is 6.61 Å². The van der Waals surface area contributed by atoms with Crippen molar-refractivity contribution in [1.82, 2.24) is 9.55 Å². The van der Waals surface area contributed by atoms with Crippen LogP contribution in [0.4, 0.5) is 22.0 Å². The lowest BCUT2D eigenvalue weighted by atomic mass is 10.1. The molecule has 1 aliphatic rings. The van der Waals surface area contributed by atoms with Gasteiger partial charge in [-0.15, -0.1) is 0 Å². The molecule has 0 unspecified atom stereocenters. The molecule has 0 amide bonds. The van der Waals surface area contributed by atoms with Crippen LogP contribution in [0.15, 0.2) is 15.8 Å². The minimum atomic E-state index is -2.35. The molecule has 154 valence electrons. The highest BCUT2D eigenvalue weighted by Gasteiger charge is 2.35. The molecule has 1 aromatic carbocycles. The Morgan fingerprint density at radius 1 is 1.07 bits per heavy atom. The first kappa shape index (κ1) is 20.7. The van der Waals surface area contributed by atoms with Crippen molar-refractivity contribution in [1.29, 1.82) is 0 Å². The van der Waals surface area contributed by atoms with Gasteiger partial charge in [0.1, 0.15) is 23.5 Å². The van der Waals surface area contributed by atoms with Crippen molar-refractivity contribution in [3.8, 4) is 11.8 Å².